The van der Waals surface area contributed by atoms with Crippen LogP contribution < -0.4 is 15.0 Å². The summed E-state index contributed by atoms with van der Waals surface area (Å²) in [5.41, 5.74) is -0.363. The first kappa shape index (κ1) is 30.3. The van der Waals surface area contributed by atoms with Gasteiger partial charge in [-0.05, 0) is 58.6 Å². The van der Waals surface area contributed by atoms with E-state index in [1.54, 1.807) is 7.11 Å². The third-order valence-corrected chi connectivity index (χ3v) is 11.8. The van der Waals surface area contributed by atoms with Gasteiger partial charge in [0.05, 0.1) is 24.7 Å². The predicted molar refractivity (Wildman–Crippen MR) is 173 cm³/mol. The van der Waals surface area contributed by atoms with Gasteiger partial charge in [-0.2, -0.15) is 0 Å². The molecule has 4 N–H and O–H groups in total. The number of rotatable bonds is 7. The van der Waals surface area contributed by atoms with E-state index in [0.29, 0.717) is 18.6 Å². The highest BCUT2D eigenvalue weighted by Gasteiger charge is 2.78. The third kappa shape index (κ3) is 3.90. The number of carbonyl (C=O) groups excluding carboxylic acids is 2. The Balaban J connectivity index is 1.36. The average molecular weight is 680 g/mol. The zero-order valence-corrected chi connectivity index (χ0v) is 27.4. The lowest BCUT2D eigenvalue weighted by atomic mass is 9.47. The van der Waals surface area contributed by atoms with Gasteiger partial charge in [-0.15, -0.1) is 0 Å². The number of hydrogen-bond acceptors (Lipinski definition) is 8. The molecule has 2 aromatic carbocycles. The van der Waals surface area contributed by atoms with Crippen LogP contribution in [0.1, 0.15) is 30.9 Å². The van der Waals surface area contributed by atoms with Crippen molar-refractivity contribution >= 4 is 44.4 Å². The van der Waals surface area contributed by atoms with Gasteiger partial charge < -0.3 is 34.9 Å². The van der Waals surface area contributed by atoms with E-state index in [2.05, 4.69) is 37.2 Å². The highest BCUT2D eigenvalue weighted by Crippen LogP contribution is 2.67. The number of aromatic nitrogens is 1. The normalized spacial score (nSPS) is 32.2. The van der Waals surface area contributed by atoms with Crippen molar-refractivity contribution in [2.24, 2.45) is 5.41 Å². The standard InChI is InChI=1S/C34H39BrN4O6/c1-5-32-11-8-13-39-14-12-33(28(32)39)21-16-22(35)26(44-3)17-25(21)38(2)29(33)34(43,30(32)41)31(42)37-24(27(40)45-4)15-19-18-36-23-10-7-6-9-20(19)23/h6-11,16-18,24,28-30,36,41,43H,5,12-15H2,1-4H3,(H,37,42)/t24?,28-,29+,30+,32+,33+,34?/m0/s1. The predicted octanol–water partition coefficient (Wildman–Crippen LogP) is 3.04. The molecule has 238 valence electrons. The van der Waals surface area contributed by atoms with Crippen molar-refractivity contribution in [1.29, 1.82) is 0 Å². The number of likely N-dealkylation sites (N-methyl/N-ethyl adjacent to an activating group) is 1. The van der Waals surface area contributed by atoms with E-state index in [1.165, 1.54) is 7.11 Å². The number of benzene rings is 2. The number of para-hydroxylation sites is 1. The van der Waals surface area contributed by atoms with Crippen LogP contribution in [0.4, 0.5) is 5.69 Å². The number of aliphatic hydroxyl groups excluding tert-OH is 1. The monoisotopic (exact) mass is 678 g/mol. The van der Waals surface area contributed by atoms with Gasteiger partial charge in [-0.25, -0.2) is 4.79 Å². The molecule has 1 aliphatic carbocycles. The molecule has 1 aromatic heterocycles. The minimum Gasteiger partial charge on any atom is -0.495 e. The Morgan fingerprint density at radius 2 is 2.00 bits per heavy atom. The Kier molecular flexibility index (Phi) is 7.12. The summed E-state index contributed by atoms with van der Waals surface area (Å²) in [5.74, 6) is -0.806. The van der Waals surface area contributed by atoms with Crippen LogP contribution in [-0.4, -0.2) is 96.2 Å². The summed E-state index contributed by atoms with van der Waals surface area (Å²) in [6, 6.07) is 9.60. The molecule has 0 bridgehead atoms. The van der Waals surface area contributed by atoms with Crippen LogP contribution in [0.15, 0.2) is 59.2 Å². The molecule has 4 aliphatic rings. The van der Waals surface area contributed by atoms with Crippen LogP contribution in [0.2, 0.25) is 0 Å². The zero-order chi connectivity index (χ0) is 31.9. The topological polar surface area (TPSA) is 127 Å². The van der Waals surface area contributed by atoms with Crippen molar-refractivity contribution in [1.82, 2.24) is 15.2 Å². The molecule has 1 saturated heterocycles. The minimum absolute atomic E-state index is 0.139. The summed E-state index contributed by atoms with van der Waals surface area (Å²) in [6.07, 6.45) is 5.72. The number of carbonyl (C=O) groups is 2. The van der Waals surface area contributed by atoms with Gasteiger partial charge in [0.25, 0.3) is 5.91 Å². The van der Waals surface area contributed by atoms with Gasteiger partial charge in [-0.3, -0.25) is 9.69 Å². The van der Waals surface area contributed by atoms with E-state index in [1.807, 2.05) is 67.6 Å². The van der Waals surface area contributed by atoms with Crippen molar-refractivity contribution < 1.29 is 29.3 Å². The summed E-state index contributed by atoms with van der Waals surface area (Å²) in [7, 11) is 4.74. The highest BCUT2D eigenvalue weighted by atomic mass is 79.9. The SMILES string of the molecule is CC[C@]12C=CCN3CC[C@@]4(c5cc(Br)c(OC)cc5N(C)[C@H]4C(O)(C(=O)NC(Cc4c[nH]c5ccccc45)C(=O)OC)[C@@H]1O)[C@@H]32. The molecule has 10 nitrogen and oxygen atoms in total. The molecule has 11 heteroatoms. The molecule has 7 rings (SSSR count). The van der Waals surface area contributed by atoms with Gasteiger partial charge in [0.1, 0.15) is 17.9 Å². The van der Waals surface area contributed by atoms with Crippen molar-refractivity contribution in [3.8, 4) is 5.75 Å². The number of nitrogens with one attached hydrogen (secondary N) is 2. The second kappa shape index (κ2) is 10.6. The summed E-state index contributed by atoms with van der Waals surface area (Å²) >= 11 is 3.69. The van der Waals surface area contributed by atoms with Crippen molar-refractivity contribution in [3.05, 3.63) is 70.3 Å². The molecule has 4 heterocycles. The lowest BCUT2D eigenvalue weighted by Gasteiger charge is -2.63. The van der Waals surface area contributed by atoms with E-state index in [0.717, 1.165) is 45.3 Å². The van der Waals surface area contributed by atoms with Gasteiger partial charge in [0.15, 0.2) is 5.60 Å². The van der Waals surface area contributed by atoms with Gasteiger partial charge >= 0.3 is 5.97 Å². The molecular formula is C34H39BrN4O6. The summed E-state index contributed by atoms with van der Waals surface area (Å²) < 4.78 is 11.6. The number of esters is 1. The quantitative estimate of drug-likeness (QED) is 0.222. The van der Waals surface area contributed by atoms with Gasteiger partial charge in [-0.1, -0.05) is 37.3 Å². The maximum Gasteiger partial charge on any atom is 0.328 e. The Morgan fingerprint density at radius 1 is 1.22 bits per heavy atom. The fourth-order valence-electron chi connectivity index (χ4n) is 9.37. The molecule has 3 aromatic rings. The fraction of sp³-hybridized carbons (Fsp3) is 0.471. The second-order valence-corrected chi connectivity index (χ2v) is 13.8. The zero-order valence-electron chi connectivity index (χ0n) is 25.8. The molecule has 0 radical (unpaired) electrons. The first-order chi connectivity index (χ1) is 21.6. The van der Waals surface area contributed by atoms with E-state index >= 15 is 0 Å². The lowest BCUT2D eigenvalue weighted by Crippen LogP contribution is -2.82. The number of nitrogens with zero attached hydrogens (tertiary/aromatic N) is 2. The van der Waals surface area contributed by atoms with E-state index in [-0.39, 0.29) is 12.5 Å². The Morgan fingerprint density at radius 3 is 2.73 bits per heavy atom. The lowest BCUT2D eigenvalue weighted by molar-refractivity contribution is -0.204. The smallest absolute Gasteiger partial charge is 0.328 e. The number of anilines is 1. The number of H-pyrrole nitrogens is 1. The van der Waals surface area contributed by atoms with Crippen molar-refractivity contribution in [2.45, 2.75) is 61.4 Å². The van der Waals surface area contributed by atoms with Crippen LogP contribution in [0.3, 0.4) is 0 Å². The van der Waals surface area contributed by atoms with Crippen LogP contribution >= 0.6 is 15.9 Å². The third-order valence-electron chi connectivity index (χ3n) is 11.2. The number of methoxy groups -OCH3 is 2. The Hall–Kier alpha value is -3.38. The average Bonchev–Trinajstić information content (AvgIpc) is 3.72. The summed E-state index contributed by atoms with van der Waals surface area (Å²) in [6.45, 7) is 3.48. The van der Waals surface area contributed by atoms with Gasteiger partial charge in [0.2, 0.25) is 0 Å². The molecule has 2 fully saturated rings. The number of halogens is 1. The molecule has 45 heavy (non-hydrogen) atoms. The molecule has 1 spiro atoms. The summed E-state index contributed by atoms with van der Waals surface area (Å²) in [5, 5.41) is 29.2. The van der Waals surface area contributed by atoms with E-state index < -0.39 is 46.5 Å². The van der Waals surface area contributed by atoms with Crippen LogP contribution in [0.25, 0.3) is 10.9 Å². The second-order valence-electron chi connectivity index (χ2n) is 12.9. The van der Waals surface area contributed by atoms with Gasteiger partial charge in [0, 0.05) is 65.7 Å². The van der Waals surface area contributed by atoms with E-state index in [4.69, 9.17) is 9.47 Å². The number of ether oxygens (including phenoxy) is 2. The Labute approximate surface area is 270 Å². The highest BCUT2D eigenvalue weighted by molar-refractivity contribution is 9.10. The molecular weight excluding hydrogens is 640 g/mol. The number of hydrogen-bond donors (Lipinski definition) is 4. The van der Waals surface area contributed by atoms with Crippen LogP contribution in [-0.2, 0) is 26.2 Å². The first-order valence-electron chi connectivity index (χ1n) is 15.4. The maximum absolute atomic E-state index is 14.8. The van der Waals surface area contributed by atoms with Crippen LogP contribution in [0.5, 0.6) is 5.75 Å². The summed E-state index contributed by atoms with van der Waals surface area (Å²) in [4.78, 5) is 35.5. The number of amides is 1. The molecule has 7 atom stereocenters. The Bertz CT molecular complexity index is 1730. The number of fused-ring (bicyclic) bond motifs is 2. The van der Waals surface area contributed by atoms with E-state index in [9.17, 15) is 19.8 Å². The number of aromatic amines is 1. The molecule has 1 amide bonds. The molecule has 1 saturated carbocycles. The fourth-order valence-corrected chi connectivity index (χ4v) is 9.87. The van der Waals surface area contributed by atoms with Crippen LogP contribution in [0, 0.1) is 5.41 Å². The maximum atomic E-state index is 14.8. The molecule has 3 aliphatic heterocycles. The molecule has 2 unspecified atom stereocenters. The number of aliphatic hydroxyl groups is 2. The van der Waals surface area contributed by atoms with Crippen molar-refractivity contribution in [2.75, 3.05) is 39.3 Å². The largest absolute Gasteiger partial charge is 0.495 e. The van der Waals surface area contributed by atoms with Crippen molar-refractivity contribution in [3.63, 3.8) is 0 Å². The first-order valence-corrected chi connectivity index (χ1v) is 16.2. The minimum atomic E-state index is -2.30.